The molecule has 36 heavy (non-hydrogen) atoms. The van der Waals surface area contributed by atoms with Crippen molar-refractivity contribution in [2.24, 2.45) is 0 Å². The number of alkyl halides is 3. The molecule has 4 rings (SSSR count). The standard InChI is InChI=1S/C25H23ClF3N5OS/c1-4-21(22(35)31-20-11-6-5-10-19(20)25(27,28)29)36-24-32-23-30-14(2)18(15(3)34(23)33-24)13-16-8-7-9-17(26)12-16/h5-12,21H,4,13H2,1-3H3,(H,31,35). The van der Waals surface area contributed by atoms with Crippen molar-refractivity contribution in [3.63, 3.8) is 0 Å². The van der Waals surface area contributed by atoms with Crippen molar-refractivity contribution in [2.45, 2.75) is 50.2 Å². The second-order valence-corrected chi connectivity index (χ2v) is 9.83. The molecule has 6 nitrogen and oxygen atoms in total. The lowest BCUT2D eigenvalue weighted by Gasteiger charge is -2.16. The summed E-state index contributed by atoms with van der Waals surface area (Å²) in [4.78, 5) is 21.9. The van der Waals surface area contributed by atoms with Crippen LogP contribution in [0.2, 0.25) is 5.02 Å². The highest BCUT2D eigenvalue weighted by Crippen LogP contribution is 2.35. The van der Waals surface area contributed by atoms with E-state index in [0.29, 0.717) is 28.8 Å². The van der Waals surface area contributed by atoms with Gasteiger partial charge in [0, 0.05) is 22.8 Å². The Morgan fingerprint density at radius 1 is 1.14 bits per heavy atom. The Labute approximate surface area is 215 Å². The predicted molar refractivity (Wildman–Crippen MR) is 135 cm³/mol. The van der Waals surface area contributed by atoms with Crippen LogP contribution in [0.15, 0.2) is 53.7 Å². The Balaban J connectivity index is 1.57. The van der Waals surface area contributed by atoms with E-state index in [4.69, 9.17) is 11.6 Å². The van der Waals surface area contributed by atoms with Crippen LogP contribution >= 0.6 is 23.4 Å². The van der Waals surface area contributed by atoms with Crippen LogP contribution in [0, 0.1) is 13.8 Å². The molecule has 4 aromatic rings. The summed E-state index contributed by atoms with van der Waals surface area (Å²) in [6.07, 6.45) is -3.60. The number of carbonyl (C=O) groups excluding carboxylic acids is 1. The second-order valence-electron chi connectivity index (χ2n) is 8.22. The molecule has 0 saturated heterocycles. The Morgan fingerprint density at radius 3 is 2.58 bits per heavy atom. The largest absolute Gasteiger partial charge is 0.418 e. The number of amides is 1. The lowest BCUT2D eigenvalue weighted by molar-refractivity contribution is -0.137. The number of thioether (sulfide) groups is 1. The first-order chi connectivity index (χ1) is 17.1. The molecule has 1 N–H and O–H groups in total. The molecule has 0 aliphatic carbocycles. The Morgan fingerprint density at radius 2 is 1.89 bits per heavy atom. The van der Waals surface area contributed by atoms with Gasteiger partial charge in [0.15, 0.2) is 0 Å². The van der Waals surface area contributed by atoms with Crippen molar-refractivity contribution >= 4 is 40.7 Å². The normalized spacial score (nSPS) is 12.6. The smallest absolute Gasteiger partial charge is 0.325 e. The van der Waals surface area contributed by atoms with Crippen molar-refractivity contribution in [3.8, 4) is 0 Å². The van der Waals surface area contributed by atoms with Gasteiger partial charge in [-0.3, -0.25) is 4.79 Å². The summed E-state index contributed by atoms with van der Waals surface area (Å²) in [7, 11) is 0. The number of nitrogens with one attached hydrogen (secondary N) is 1. The lowest BCUT2D eigenvalue weighted by atomic mass is 10.0. The minimum absolute atomic E-state index is 0.282. The third-order valence-corrected chi connectivity index (χ3v) is 7.15. The van der Waals surface area contributed by atoms with Crippen molar-refractivity contribution in [1.82, 2.24) is 19.6 Å². The van der Waals surface area contributed by atoms with Gasteiger partial charge in [0.2, 0.25) is 11.1 Å². The number of aromatic nitrogens is 4. The van der Waals surface area contributed by atoms with E-state index in [-0.39, 0.29) is 5.69 Å². The van der Waals surface area contributed by atoms with E-state index in [2.05, 4.69) is 20.4 Å². The number of para-hydroxylation sites is 1. The zero-order chi connectivity index (χ0) is 26.0. The molecule has 11 heteroatoms. The van der Waals surface area contributed by atoms with Gasteiger partial charge in [0.1, 0.15) is 0 Å². The quantitative estimate of drug-likeness (QED) is 0.274. The number of rotatable bonds is 7. The van der Waals surface area contributed by atoms with E-state index >= 15 is 0 Å². The second kappa shape index (κ2) is 10.5. The van der Waals surface area contributed by atoms with Gasteiger partial charge in [-0.25, -0.2) is 9.50 Å². The van der Waals surface area contributed by atoms with Crippen LogP contribution in [0.25, 0.3) is 5.78 Å². The van der Waals surface area contributed by atoms with Gasteiger partial charge in [0.05, 0.1) is 16.5 Å². The summed E-state index contributed by atoms with van der Waals surface area (Å²) in [6.45, 7) is 5.59. The van der Waals surface area contributed by atoms with Crippen molar-refractivity contribution in [2.75, 3.05) is 5.32 Å². The molecule has 0 aliphatic rings. The van der Waals surface area contributed by atoms with Crippen molar-refractivity contribution in [1.29, 1.82) is 0 Å². The van der Waals surface area contributed by atoms with E-state index in [1.54, 1.807) is 11.4 Å². The highest BCUT2D eigenvalue weighted by atomic mass is 35.5. The summed E-state index contributed by atoms with van der Waals surface area (Å²) in [6, 6.07) is 12.5. The number of hydrogen-bond donors (Lipinski definition) is 1. The van der Waals surface area contributed by atoms with E-state index in [1.807, 2.05) is 38.1 Å². The SMILES string of the molecule is CCC(Sc1nc2nc(C)c(Cc3cccc(Cl)c3)c(C)n2n1)C(=O)Nc1ccccc1C(F)(F)F. The predicted octanol–water partition coefficient (Wildman–Crippen LogP) is 6.51. The summed E-state index contributed by atoms with van der Waals surface area (Å²) in [5, 5.41) is 7.21. The average molecular weight is 534 g/mol. The number of fused-ring (bicyclic) bond motifs is 1. The molecule has 2 heterocycles. The Bertz CT molecular complexity index is 1420. The highest BCUT2D eigenvalue weighted by molar-refractivity contribution is 8.00. The molecule has 1 unspecified atom stereocenters. The van der Waals surface area contributed by atoms with Gasteiger partial charge < -0.3 is 5.32 Å². The van der Waals surface area contributed by atoms with Gasteiger partial charge >= 0.3 is 6.18 Å². The summed E-state index contributed by atoms with van der Waals surface area (Å²) in [5.74, 6) is -0.166. The van der Waals surface area contributed by atoms with Gasteiger partial charge in [0.25, 0.3) is 5.78 Å². The fraction of sp³-hybridized carbons (Fsp3) is 0.280. The van der Waals surface area contributed by atoms with Crippen LogP contribution in [0.4, 0.5) is 18.9 Å². The number of carbonyl (C=O) groups is 1. The molecule has 0 bridgehead atoms. The number of halogens is 4. The molecular formula is C25H23ClF3N5OS. The highest BCUT2D eigenvalue weighted by Gasteiger charge is 2.34. The maximum absolute atomic E-state index is 13.3. The topological polar surface area (TPSA) is 72.2 Å². The van der Waals surface area contributed by atoms with Gasteiger partial charge in [-0.2, -0.15) is 18.2 Å². The minimum Gasteiger partial charge on any atom is -0.325 e. The van der Waals surface area contributed by atoms with Gasteiger partial charge in [-0.1, -0.05) is 54.6 Å². The zero-order valence-corrected chi connectivity index (χ0v) is 21.3. The van der Waals surface area contributed by atoms with E-state index in [0.717, 1.165) is 40.3 Å². The van der Waals surface area contributed by atoms with Crippen LogP contribution in [0.1, 0.15) is 41.4 Å². The summed E-state index contributed by atoms with van der Waals surface area (Å²) >= 11 is 7.21. The molecule has 0 fully saturated rings. The minimum atomic E-state index is -4.58. The lowest BCUT2D eigenvalue weighted by Crippen LogP contribution is -2.26. The molecule has 0 aliphatic heterocycles. The van der Waals surface area contributed by atoms with Gasteiger partial charge in [-0.05, 0) is 55.7 Å². The molecule has 0 saturated carbocycles. The molecule has 188 valence electrons. The monoisotopic (exact) mass is 533 g/mol. The molecule has 0 radical (unpaired) electrons. The van der Waals surface area contributed by atoms with Gasteiger partial charge in [-0.15, -0.1) is 5.10 Å². The summed E-state index contributed by atoms with van der Waals surface area (Å²) in [5.41, 5.74) is 2.50. The molecule has 1 atom stereocenters. The molecule has 1 amide bonds. The average Bonchev–Trinajstić information content (AvgIpc) is 3.22. The number of nitrogens with zero attached hydrogens (tertiary/aromatic N) is 4. The summed E-state index contributed by atoms with van der Waals surface area (Å²) < 4.78 is 41.6. The maximum Gasteiger partial charge on any atom is 0.418 e. The van der Waals surface area contributed by atoms with Crippen LogP contribution in [0.3, 0.4) is 0 Å². The number of benzene rings is 2. The van der Waals surface area contributed by atoms with Crippen LogP contribution in [-0.4, -0.2) is 30.7 Å². The number of aryl methyl sites for hydroxylation is 2. The molecule has 2 aromatic heterocycles. The molecular weight excluding hydrogens is 511 g/mol. The number of hydrogen-bond acceptors (Lipinski definition) is 5. The Hall–Kier alpha value is -3.11. The number of anilines is 1. The molecule has 0 spiro atoms. The van der Waals surface area contributed by atoms with Crippen LogP contribution in [-0.2, 0) is 17.4 Å². The van der Waals surface area contributed by atoms with Crippen LogP contribution < -0.4 is 5.32 Å². The third kappa shape index (κ3) is 5.65. The van der Waals surface area contributed by atoms with E-state index < -0.39 is 22.9 Å². The Kier molecular flexibility index (Phi) is 7.56. The zero-order valence-electron chi connectivity index (χ0n) is 19.7. The van der Waals surface area contributed by atoms with Crippen LogP contribution in [0.5, 0.6) is 0 Å². The fourth-order valence-electron chi connectivity index (χ4n) is 3.85. The van der Waals surface area contributed by atoms with E-state index in [9.17, 15) is 18.0 Å². The third-order valence-electron chi connectivity index (χ3n) is 5.70. The first-order valence-electron chi connectivity index (χ1n) is 11.2. The first kappa shape index (κ1) is 26.0. The fourth-order valence-corrected chi connectivity index (χ4v) is 4.91. The maximum atomic E-state index is 13.3. The van der Waals surface area contributed by atoms with Crippen molar-refractivity contribution in [3.05, 3.63) is 81.6 Å². The van der Waals surface area contributed by atoms with E-state index in [1.165, 1.54) is 18.2 Å². The molecule has 2 aromatic carbocycles. The first-order valence-corrected chi connectivity index (χ1v) is 12.4. The van der Waals surface area contributed by atoms with Crippen molar-refractivity contribution < 1.29 is 18.0 Å².